The third kappa shape index (κ3) is 4.30. The lowest BCUT2D eigenvalue weighted by molar-refractivity contribution is 0.0916. The van der Waals surface area contributed by atoms with Crippen LogP contribution in [0.15, 0.2) is 48.7 Å². The second-order valence-corrected chi connectivity index (χ2v) is 5.35. The summed E-state index contributed by atoms with van der Waals surface area (Å²) in [4.78, 5) is 16.4. The summed E-state index contributed by atoms with van der Waals surface area (Å²) in [6.45, 7) is 3.89. The second kappa shape index (κ2) is 7.56. The summed E-state index contributed by atoms with van der Waals surface area (Å²) < 4.78 is 0. The van der Waals surface area contributed by atoms with Gasteiger partial charge in [-0.15, -0.1) is 0 Å². The van der Waals surface area contributed by atoms with Gasteiger partial charge in [0, 0.05) is 12.2 Å². The van der Waals surface area contributed by atoms with E-state index in [-0.39, 0.29) is 18.6 Å². The lowest BCUT2D eigenvalue weighted by Crippen LogP contribution is -2.30. The molecule has 0 aliphatic carbocycles. The maximum atomic E-state index is 12.2. The van der Waals surface area contributed by atoms with Gasteiger partial charge in [0.05, 0.1) is 18.2 Å². The molecule has 0 aliphatic heterocycles. The molecular formula is C17H21N3O2. The van der Waals surface area contributed by atoms with Gasteiger partial charge in [-0.1, -0.05) is 30.3 Å². The highest BCUT2D eigenvalue weighted by molar-refractivity contribution is 5.94. The average Bonchev–Trinajstić information content (AvgIpc) is 2.53. The molecular weight excluding hydrogens is 278 g/mol. The second-order valence-electron chi connectivity index (χ2n) is 5.35. The molecule has 5 heteroatoms. The van der Waals surface area contributed by atoms with Gasteiger partial charge in [-0.2, -0.15) is 0 Å². The molecule has 0 bridgehead atoms. The van der Waals surface area contributed by atoms with Crippen LogP contribution in [-0.4, -0.2) is 28.6 Å². The van der Waals surface area contributed by atoms with Crippen molar-refractivity contribution >= 4 is 11.7 Å². The molecule has 1 heterocycles. The highest BCUT2D eigenvalue weighted by Crippen LogP contribution is 2.13. The van der Waals surface area contributed by atoms with Crippen LogP contribution < -0.4 is 10.6 Å². The number of pyridine rings is 1. The molecule has 5 nitrogen and oxygen atoms in total. The Morgan fingerprint density at radius 1 is 1.18 bits per heavy atom. The predicted molar refractivity (Wildman–Crippen MR) is 86.7 cm³/mol. The summed E-state index contributed by atoms with van der Waals surface area (Å²) in [6, 6.07) is 12.7. The van der Waals surface area contributed by atoms with Gasteiger partial charge >= 0.3 is 0 Å². The molecule has 0 saturated carbocycles. The smallest absolute Gasteiger partial charge is 0.253 e. The number of hydrogen-bond donors (Lipinski definition) is 3. The fourth-order valence-electron chi connectivity index (χ4n) is 2.07. The Bertz CT molecular complexity index is 597. The molecule has 2 rings (SSSR count). The number of amides is 1. The van der Waals surface area contributed by atoms with Crippen LogP contribution in [0.4, 0.5) is 5.82 Å². The number of rotatable bonds is 6. The molecule has 22 heavy (non-hydrogen) atoms. The minimum absolute atomic E-state index is 0.157. The van der Waals surface area contributed by atoms with Gasteiger partial charge in [0.25, 0.3) is 5.91 Å². The number of nitrogens with one attached hydrogen (secondary N) is 2. The van der Waals surface area contributed by atoms with Crippen LogP contribution in [-0.2, 0) is 0 Å². The van der Waals surface area contributed by atoms with Crippen molar-refractivity contribution in [1.82, 2.24) is 10.3 Å². The molecule has 0 unspecified atom stereocenters. The molecule has 116 valence electrons. The number of carbonyl (C=O) groups excluding carboxylic acids is 1. The third-order valence-electron chi connectivity index (χ3n) is 3.15. The highest BCUT2D eigenvalue weighted by Gasteiger charge is 2.15. The number of hydrogen-bond acceptors (Lipinski definition) is 4. The van der Waals surface area contributed by atoms with Gasteiger partial charge in [-0.25, -0.2) is 4.98 Å². The minimum atomic E-state index is -0.429. The molecule has 1 amide bonds. The van der Waals surface area contributed by atoms with Crippen molar-refractivity contribution in [2.75, 3.05) is 11.9 Å². The topological polar surface area (TPSA) is 74.2 Å². The summed E-state index contributed by atoms with van der Waals surface area (Å²) in [6.07, 6.45) is 1.53. The molecule has 2 aromatic rings. The molecule has 3 N–H and O–H groups in total. The van der Waals surface area contributed by atoms with Gasteiger partial charge in [0.2, 0.25) is 0 Å². The zero-order valence-corrected chi connectivity index (χ0v) is 12.8. The molecule has 0 aliphatic rings. The van der Waals surface area contributed by atoms with Crippen molar-refractivity contribution < 1.29 is 9.90 Å². The Morgan fingerprint density at radius 2 is 1.91 bits per heavy atom. The lowest BCUT2D eigenvalue weighted by atomic mass is 10.1. The van der Waals surface area contributed by atoms with Crippen LogP contribution >= 0.6 is 0 Å². The van der Waals surface area contributed by atoms with E-state index in [1.807, 2.05) is 44.2 Å². The average molecular weight is 299 g/mol. The summed E-state index contributed by atoms with van der Waals surface area (Å²) in [7, 11) is 0. The monoisotopic (exact) mass is 299 g/mol. The summed E-state index contributed by atoms with van der Waals surface area (Å²) in [5, 5.41) is 15.5. The zero-order valence-electron chi connectivity index (χ0n) is 12.8. The molecule has 1 aromatic carbocycles. The van der Waals surface area contributed by atoms with Crippen molar-refractivity contribution in [2.24, 2.45) is 0 Å². The first kappa shape index (κ1) is 16.0. The first-order chi connectivity index (χ1) is 10.6. The number of anilines is 1. The maximum absolute atomic E-state index is 12.2. The van der Waals surface area contributed by atoms with E-state index < -0.39 is 6.04 Å². The standard InChI is InChI=1S/C17H21N3O2/c1-12(2)19-16-9-8-14(10-18-16)17(22)20-15(11-21)13-6-4-3-5-7-13/h3-10,12,15,21H,11H2,1-2H3,(H,18,19)(H,20,22)/t15-/m1/s1. The van der Waals surface area contributed by atoms with E-state index in [4.69, 9.17) is 0 Å². The number of nitrogens with zero attached hydrogens (tertiary/aromatic N) is 1. The maximum Gasteiger partial charge on any atom is 0.253 e. The van der Waals surface area contributed by atoms with E-state index in [0.717, 1.165) is 11.4 Å². The predicted octanol–water partition coefficient (Wildman–Crippen LogP) is 2.37. The fraction of sp³-hybridized carbons (Fsp3) is 0.294. The van der Waals surface area contributed by atoms with Crippen LogP contribution in [0.2, 0.25) is 0 Å². The van der Waals surface area contributed by atoms with E-state index in [0.29, 0.717) is 5.56 Å². The van der Waals surface area contributed by atoms with Crippen molar-refractivity contribution in [2.45, 2.75) is 25.9 Å². The van der Waals surface area contributed by atoms with Crippen molar-refractivity contribution in [1.29, 1.82) is 0 Å². The largest absolute Gasteiger partial charge is 0.394 e. The van der Waals surface area contributed by atoms with E-state index in [2.05, 4.69) is 15.6 Å². The quantitative estimate of drug-likeness (QED) is 0.765. The Kier molecular flexibility index (Phi) is 5.49. The summed E-state index contributed by atoms with van der Waals surface area (Å²) in [5.74, 6) is 0.472. The zero-order chi connectivity index (χ0) is 15.9. The Labute approximate surface area is 130 Å². The lowest BCUT2D eigenvalue weighted by Gasteiger charge is -2.17. The van der Waals surface area contributed by atoms with Crippen LogP contribution in [0.25, 0.3) is 0 Å². The first-order valence-electron chi connectivity index (χ1n) is 7.29. The van der Waals surface area contributed by atoms with E-state index in [9.17, 15) is 9.90 Å². The number of aliphatic hydroxyl groups is 1. The fourth-order valence-corrected chi connectivity index (χ4v) is 2.07. The first-order valence-corrected chi connectivity index (χ1v) is 7.29. The van der Waals surface area contributed by atoms with Gasteiger partial charge < -0.3 is 15.7 Å². The number of aliphatic hydroxyl groups excluding tert-OH is 1. The van der Waals surface area contributed by atoms with Crippen LogP contribution in [0.3, 0.4) is 0 Å². The van der Waals surface area contributed by atoms with Gasteiger partial charge in [-0.3, -0.25) is 4.79 Å². The van der Waals surface area contributed by atoms with Crippen molar-refractivity contribution in [3.05, 3.63) is 59.8 Å². The van der Waals surface area contributed by atoms with Gasteiger partial charge in [0.1, 0.15) is 5.82 Å². The molecule has 1 atom stereocenters. The number of carbonyl (C=O) groups is 1. The SMILES string of the molecule is CC(C)Nc1ccc(C(=O)N[C@H](CO)c2ccccc2)cn1. The molecule has 0 radical (unpaired) electrons. The number of benzene rings is 1. The van der Waals surface area contributed by atoms with E-state index in [1.54, 1.807) is 12.1 Å². The van der Waals surface area contributed by atoms with Crippen LogP contribution in [0.1, 0.15) is 35.8 Å². The minimum Gasteiger partial charge on any atom is -0.394 e. The molecule has 0 fully saturated rings. The van der Waals surface area contributed by atoms with Crippen molar-refractivity contribution in [3.8, 4) is 0 Å². The highest BCUT2D eigenvalue weighted by atomic mass is 16.3. The molecule has 0 saturated heterocycles. The van der Waals surface area contributed by atoms with Crippen LogP contribution in [0.5, 0.6) is 0 Å². The van der Waals surface area contributed by atoms with Crippen LogP contribution in [0, 0.1) is 0 Å². The van der Waals surface area contributed by atoms with Crippen molar-refractivity contribution in [3.63, 3.8) is 0 Å². The molecule has 1 aromatic heterocycles. The summed E-state index contributed by atoms with van der Waals surface area (Å²) >= 11 is 0. The van der Waals surface area contributed by atoms with E-state index >= 15 is 0 Å². The number of aromatic nitrogens is 1. The Morgan fingerprint density at radius 3 is 2.45 bits per heavy atom. The Balaban J connectivity index is 2.04. The summed E-state index contributed by atoms with van der Waals surface area (Å²) in [5.41, 5.74) is 1.33. The third-order valence-corrected chi connectivity index (χ3v) is 3.15. The Hall–Kier alpha value is -2.40. The van der Waals surface area contributed by atoms with E-state index in [1.165, 1.54) is 6.20 Å². The van der Waals surface area contributed by atoms with Gasteiger partial charge in [-0.05, 0) is 31.5 Å². The molecule has 0 spiro atoms. The normalized spacial score (nSPS) is 12.0. The van der Waals surface area contributed by atoms with Gasteiger partial charge in [0.15, 0.2) is 0 Å².